The lowest BCUT2D eigenvalue weighted by molar-refractivity contribution is 0.164. The highest BCUT2D eigenvalue weighted by atomic mass is 35.5. The summed E-state index contributed by atoms with van der Waals surface area (Å²) in [6, 6.07) is 10.4. The first-order chi connectivity index (χ1) is 10.5. The largest absolute Gasteiger partial charge is 0.317 e. The second-order valence-electron chi connectivity index (χ2n) is 5.97. The second-order valence-corrected chi connectivity index (χ2v) is 7.38. The zero-order valence-corrected chi connectivity index (χ0v) is 13.8. The Bertz CT molecular complexity index is 863. The van der Waals surface area contributed by atoms with Gasteiger partial charge in [0.25, 0.3) is 0 Å². The van der Waals surface area contributed by atoms with Crippen LogP contribution in [0.2, 0.25) is 0 Å². The van der Waals surface area contributed by atoms with Crippen LogP contribution >= 0.6 is 22.9 Å². The number of fused-ring (bicyclic) bond motifs is 2. The number of nitrogens with zero attached hydrogens (tertiary/aromatic N) is 2. The van der Waals surface area contributed by atoms with Gasteiger partial charge in [-0.15, -0.1) is 11.3 Å². The molecule has 3 heterocycles. The van der Waals surface area contributed by atoms with Crippen molar-refractivity contribution in [3.05, 3.63) is 41.6 Å². The molecule has 22 heavy (non-hydrogen) atoms. The maximum absolute atomic E-state index is 11.7. The summed E-state index contributed by atoms with van der Waals surface area (Å²) in [4.78, 5) is 14.4. The fourth-order valence-electron chi connectivity index (χ4n) is 3.10. The summed E-state index contributed by atoms with van der Waals surface area (Å²) < 4.78 is 1.23. The quantitative estimate of drug-likeness (QED) is 0.519. The number of rotatable bonds is 1. The molecule has 0 radical (unpaired) electrons. The molecule has 1 aliphatic heterocycles. The molecular formula is C16H14ClN3OS. The minimum atomic E-state index is -0.462. The van der Waals surface area contributed by atoms with Crippen molar-refractivity contribution in [3.8, 4) is 10.6 Å². The third-order valence-electron chi connectivity index (χ3n) is 4.34. The van der Waals surface area contributed by atoms with Crippen LogP contribution < -0.4 is 0 Å². The van der Waals surface area contributed by atoms with Crippen LogP contribution in [-0.4, -0.2) is 20.5 Å². The van der Waals surface area contributed by atoms with Gasteiger partial charge in [0.05, 0.1) is 22.7 Å². The van der Waals surface area contributed by atoms with Crippen LogP contribution in [0.1, 0.15) is 25.1 Å². The second kappa shape index (κ2) is 4.57. The zero-order chi connectivity index (χ0) is 15.5. The summed E-state index contributed by atoms with van der Waals surface area (Å²) >= 11 is 7.45. The van der Waals surface area contributed by atoms with Crippen molar-refractivity contribution >= 4 is 38.4 Å². The van der Waals surface area contributed by atoms with Gasteiger partial charge in [-0.3, -0.25) is 9.89 Å². The Labute approximate surface area is 136 Å². The van der Waals surface area contributed by atoms with Crippen LogP contribution in [-0.2, 0) is 12.1 Å². The molecule has 0 fully saturated rings. The van der Waals surface area contributed by atoms with Crippen molar-refractivity contribution in [1.82, 2.24) is 15.1 Å². The number of aromatic amines is 1. The number of halogens is 1. The van der Waals surface area contributed by atoms with Crippen LogP contribution in [0.4, 0.5) is 4.79 Å². The van der Waals surface area contributed by atoms with E-state index in [9.17, 15) is 4.79 Å². The molecule has 6 heteroatoms. The molecule has 0 atom stereocenters. The lowest BCUT2D eigenvalue weighted by Gasteiger charge is -2.29. The van der Waals surface area contributed by atoms with Crippen LogP contribution in [0.3, 0.4) is 0 Å². The molecule has 1 amide bonds. The Kier molecular flexibility index (Phi) is 2.86. The highest BCUT2D eigenvalue weighted by molar-refractivity contribution is 7.22. The summed E-state index contributed by atoms with van der Waals surface area (Å²) in [5.74, 6) is 0. The average molecular weight is 332 g/mol. The standard InChI is InChI=1S/C16H14ClN3OS/c1-16(2)14-10(8-20(16)15(17)21)13(18-19-14)12-7-9-5-3-4-6-11(9)22-12/h3-7H,8H2,1-2H3,(H,18,19). The predicted molar refractivity (Wildman–Crippen MR) is 89.2 cm³/mol. The molecule has 0 saturated carbocycles. The van der Waals surface area contributed by atoms with E-state index in [1.54, 1.807) is 16.2 Å². The Morgan fingerprint density at radius 2 is 2.18 bits per heavy atom. The lowest BCUT2D eigenvalue weighted by atomic mass is 10.0. The molecule has 0 aliphatic carbocycles. The van der Waals surface area contributed by atoms with Crippen LogP contribution in [0.25, 0.3) is 20.7 Å². The Morgan fingerprint density at radius 3 is 2.91 bits per heavy atom. The van der Waals surface area contributed by atoms with Crippen molar-refractivity contribution in [2.75, 3.05) is 0 Å². The molecule has 0 bridgehead atoms. The highest BCUT2D eigenvalue weighted by Gasteiger charge is 2.43. The number of aromatic nitrogens is 2. The number of amides is 1. The van der Waals surface area contributed by atoms with E-state index in [0.29, 0.717) is 6.54 Å². The summed E-state index contributed by atoms with van der Waals surface area (Å²) in [6.45, 7) is 4.45. The topological polar surface area (TPSA) is 49.0 Å². The van der Waals surface area contributed by atoms with Crippen molar-refractivity contribution in [2.24, 2.45) is 0 Å². The summed E-state index contributed by atoms with van der Waals surface area (Å²) in [6.07, 6.45) is 0. The molecule has 4 rings (SSSR count). The monoisotopic (exact) mass is 331 g/mol. The summed E-state index contributed by atoms with van der Waals surface area (Å²) in [5.41, 5.74) is 2.49. The van der Waals surface area contributed by atoms with Gasteiger partial charge in [-0.05, 0) is 43.0 Å². The molecule has 4 nitrogen and oxygen atoms in total. The summed E-state index contributed by atoms with van der Waals surface area (Å²) in [5, 5.41) is 8.38. The Morgan fingerprint density at radius 1 is 1.41 bits per heavy atom. The molecule has 1 aliphatic rings. The van der Waals surface area contributed by atoms with E-state index in [1.165, 1.54) is 10.1 Å². The maximum Gasteiger partial charge on any atom is 0.317 e. The molecule has 112 valence electrons. The number of nitrogens with one attached hydrogen (secondary N) is 1. The molecule has 3 aromatic rings. The minimum Gasteiger partial charge on any atom is -0.314 e. The van der Waals surface area contributed by atoms with Crippen molar-refractivity contribution in [3.63, 3.8) is 0 Å². The SMILES string of the molecule is CC1(C)c2[nH]nc(-c3cc4ccccc4s3)c2CN1C(=O)Cl. The van der Waals surface area contributed by atoms with E-state index in [1.807, 2.05) is 26.0 Å². The number of carbonyl (C=O) groups excluding carboxylic acids is 1. The van der Waals surface area contributed by atoms with Crippen LogP contribution in [0, 0.1) is 0 Å². The molecule has 0 saturated heterocycles. The number of H-pyrrole nitrogens is 1. The van der Waals surface area contributed by atoms with E-state index in [0.717, 1.165) is 21.8 Å². The average Bonchev–Trinajstić information content (AvgIpc) is 3.12. The summed E-state index contributed by atoms with van der Waals surface area (Å²) in [7, 11) is 0. The van der Waals surface area contributed by atoms with Gasteiger partial charge < -0.3 is 4.90 Å². The van der Waals surface area contributed by atoms with Gasteiger partial charge in [0, 0.05) is 10.3 Å². The Hall–Kier alpha value is -1.85. The fraction of sp³-hybridized carbons (Fsp3) is 0.250. The lowest BCUT2D eigenvalue weighted by Crippen LogP contribution is -2.37. The van der Waals surface area contributed by atoms with E-state index >= 15 is 0 Å². The van der Waals surface area contributed by atoms with Crippen LogP contribution in [0.15, 0.2) is 30.3 Å². The van der Waals surface area contributed by atoms with Crippen molar-refractivity contribution in [1.29, 1.82) is 0 Å². The van der Waals surface area contributed by atoms with Crippen molar-refractivity contribution < 1.29 is 4.79 Å². The van der Waals surface area contributed by atoms with E-state index in [4.69, 9.17) is 11.6 Å². The molecule has 0 unspecified atom stereocenters. The smallest absolute Gasteiger partial charge is 0.314 e. The molecule has 2 aromatic heterocycles. The van der Waals surface area contributed by atoms with E-state index in [-0.39, 0.29) is 0 Å². The first-order valence-corrected chi connectivity index (χ1v) is 8.21. The zero-order valence-electron chi connectivity index (χ0n) is 12.2. The fourth-order valence-corrected chi connectivity index (χ4v) is 4.45. The number of thiophene rings is 1. The van der Waals surface area contributed by atoms with Gasteiger partial charge in [-0.2, -0.15) is 5.10 Å². The minimum absolute atomic E-state index is 0.433. The van der Waals surface area contributed by atoms with Gasteiger partial charge in [-0.1, -0.05) is 18.2 Å². The number of hydrogen-bond acceptors (Lipinski definition) is 3. The van der Waals surface area contributed by atoms with Gasteiger partial charge in [0.15, 0.2) is 0 Å². The van der Waals surface area contributed by atoms with Gasteiger partial charge in [-0.25, -0.2) is 0 Å². The third kappa shape index (κ3) is 1.82. The van der Waals surface area contributed by atoms with Crippen molar-refractivity contribution in [2.45, 2.75) is 25.9 Å². The van der Waals surface area contributed by atoms with Gasteiger partial charge >= 0.3 is 5.37 Å². The van der Waals surface area contributed by atoms with Gasteiger partial charge in [0.2, 0.25) is 0 Å². The molecule has 1 N–H and O–H groups in total. The first kappa shape index (κ1) is 13.8. The Balaban J connectivity index is 1.85. The normalized spacial score (nSPS) is 16.2. The van der Waals surface area contributed by atoms with Gasteiger partial charge in [0.1, 0.15) is 5.69 Å². The number of hydrogen-bond donors (Lipinski definition) is 1. The van der Waals surface area contributed by atoms with Crippen LogP contribution in [0.5, 0.6) is 0 Å². The number of benzene rings is 1. The first-order valence-electron chi connectivity index (χ1n) is 7.02. The highest BCUT2D eigenvalue weighted by Crippen LogP contribution is 2.44. The number of carbonyl (C=O) groups is 1. The van der Waals surface area contributed by atoms with E-state index in [2.05, 4.69) is 28.4 Å². The molecule has 1 aromatic carbocycles. The predicted octanol–water partition coefficient (Wildman–Crippen LogP) is 4.70. The maximum atomic E-state index is 11.7. The third-order valence-corrected chi connectivity index (χ3v) is 5.67. The molecular weight excluding hydrogens is 318 g/mol. The molecule has 0 spiro atoms. The van der Waals surface area contributed by atoms with E-state index < -0.39 is 10.9 Å².